The fraction of sp³-hybridized carbons (Fsp3) is 0.286. The molecule has 0 unspecified atom stereocenters. The minimum atomic E-state index is -0.333. The van der Waals surface area contributed by atoms with Gasteiger partial charge in [0.15, 0.2) is 11.5 Å². The SMILES string of the molecule is COc1cc(C=CC(=O)NCC#N)cc2c1OCCO2. The molecule has 0 atom stereocenters. The number of benzene rings is 1. The Bertz CT molecular complexity index is 558. The van der Waals surface area contributed by atoms with Crippen LogP contribution < -0.4 is 19.5 Å². The summed E-state index contributed by atoms with van der Waals surface area (Å²) in [6, 6.07) is 5.35. The molecule has 6 heteroatoms. The molecule has 0 fully saturated rings. The quantitative estimate of drug-likeness (QED) is 0.657. The zero-order valence-electron chi connectivity index (χ0n) is 11.0. The molecule has 0 bridgehead atoms. The van der Waals surface area contributed by atoms with Crippen LogP contribution in [0.15, 0.2) is 18.2 Å². The van der Waals surface area contributed by atoms with Crippen LogP contribution in [0.2, 0.25) is 0 Å². The summed E-state index contributed by atoms with van der Waals surface area (Å²) < 4.78 is 16.2. The average molecular weight is 274 g/mol. The lowest BCUT2D eigenvalue weighted by Crippen LogP contribution is -2.20. The number of hydrogen-bond donors (Lipinski definition) is 1. The summed E-state index contributed by atoms with van der Waals surface area (Å²) >= 11 is 0. The van der Waals surface area contributed by atoms with Crippen molar-refractivity contribution in [1.29, 1.82) is 5.26 Å². The number of ether oxygens (including phenoxy) is 3. The van der Waals surface area contributed by atoms with Gasteiger partial charge in [0, 0.05) is 6.08 Å². The zero-order valence-corrected chi connectivity index (χ0v) is 11.0. The summed E-state index contributed by atoms with van der Waals surface area (Å²) in [6.07, 6.45) is 2.97. The van der Waals surface area contributed by atoms with Crippen molar-refractivity contribution >= 4 is 12.0 Å². The highest BCUT2D eigenvalue weighted by atomic mass is 16.6. The number of amides is 1. The van der Waals surface area contributed by atoms with E-state index < -0.39 is 0 Å². The highest BCUT2D eigenvalue weighted by Gasteiger charge is 2.17. The topological polar surface area (TPSA) is 80.6 Å². The van der Waals surface area contributed by atoms with Crippen LogP contribution in [-0.4, -0.2) is 32.8 Å². The summed E-state index contributed by atoms with van der Waals surface area (Å²) in [5, 5.41) is 10.8. The molecule has 1 aromatic rings. The summed E-state index contributed by atoms with van der Waals surface area (Å²) in [7, 11) is 1.54. The molecule has 1 aliphatic heterocycles. The molecule has 20 heavy (non-hydrogen) atoms. The summed E-state index contributed by atoms with van der Waals surface area (Å²) in [4.78, 5) is 11.4. The molecular weight excluding hydrogens is 260 g/mol. The van der Waals surface area contributed by atoms with Crippen LogP contribution in [0.5, 0.6) is 17.2 Å². The lowest BCUT2D eigenvalue weighted by atomic mass is 10.1. The fourth-order valence-electron chi connectivity index (χ4n) is 1.75. The molecule has 104 valence electrons. The van der Waals surface area contributed by atoms with Crippen LogP contribution in [0.3, 0.4) is 0 Å². The molecular formula is C14H14N2O4. The third-order valence-electron chi connectivity index (χ3n) is 2.62. The summed E-state index contributed by atoms with van der Waals surface area (Å²) in [6.45, 7) is 0.939. The number of fused-ring (bicyclic) bond motifs is 1. The minimum Gasteiger partial charge on any atom is -0.493 e. The van der Waals surface area contributed by atoms with E-state index in [1.54, 1.807) is 25.3 Å². The second-order valence-electron chi connectivity index (χ2n) is 3.96. The Morgan fingerprint density at radius 3 is 3.05 bits per heavy atom. The van der Waals surface area contributed by atoms with Crippen LogP contribution >= 0.6 is 0 Å². The van der Waals surface area contributed by atoms with E-state index in [9.17, 15) is 4.79 Å². The first-order chi connectivity index (χ1) is 9.74. The minimum absolute atomic E-state index is 0.0202. The highest BCUT2D eigenvalue weighted by molar-refractivity contribution is 5.92. The van der Waals surface area contributed by atoms with Crippen LogP contribution in [0.25, 0.3) is 6.08 Å². The predicted molar refractivity (Wildman–Crippen MR) is 71.6 cm³/mol. The summed E-state index contributed by atoms with van der Waals surface area (Å²) in [5.41, 5.74) is 0.748. The van der Waals surface area contributed by atoms with E-state index in [0.717, 1.165) is 5.56 Å². The Morgan fingerprint density at radius 1 is 1.50 bits per heavy atom. The van der Waals surface area contributed by atoms with E-state index >= 15 is 0 Å². The van der Waals surface area contributed by atoms with E-state index in [-0.39, 0.29) is 12.5 Å². The molecule has 0 saturated carbocycles. The van der Waals surface area contributed by atoms with Gasteiger partial charge in [-0.3, -0.25) is 4.79 Å². The van der Waals surface area contributed by atoms with Crippen molar-refractivity contribution in [3.05, 3.63) is 23.8 Å². The van der Waals surface area contributed by atoms with Crippen molar-refractivity contribution in [2.45, 2.75) is 0 Å². The van der Waals surface area contributed by atoms with Gasteiger partial charge in [-0.05, 0) is 23.8 Å². The number of hydrogen-bond acceptors (Lipinski definition) is 5. The van der Waals surface area contributed by atoms with Crippen molar-refractivity contribution in [2.24, 2.45) is 0 Å². The third-order valence-corrected chi connectivity index (χ3v) is 2.62. The number of carbonyl (C=O) groups is 1. The van der Waals surface area contributed by atoms with E-state index in [2.05, 4.69) is 5.32 Å². The number of rotatable bonds is 4. The van der Waals surface area contributed by atoms with Gasteiger partial charge in [-0.15, -0.1) is 0 Å². The first kappa shape index (κ1) is 13.7. The normalized spacial score (nSPS) is 12.8. The number of nitrogens with one attached hydrogen (secondary N) is 1. The Labute approximate surface area is 116 Å². The molecule has 1 N–H and O–H groups in total. The van der Waals surface area contributed by atoms with Crippen LogP contribution in [-0.2, 0) is 4.79 Å². The standard InChI is InChI=1S/C14H14N2O4/c1-18-11-8-10(2-3-13(17)16-5-4-15)9-12-14(11)20-7-6-19-12/h2-3,8-9H,5-7H2,1H3,(H,16,17). The van der Waals surface area contributed by atoms with E-state index in [0.29, 0.717) is 30.5 Å². The van der Waals surface area contributed by atoms with Gasteiger partial charge in [-0.2, -0.15) is 5.26 Å². The molecule has 0 radical (unpaired) electrons. The molecule has 0 saturated heterocycles. The van der Waals surface area contributed by atoms with Crippen molar-refractivity contribution in [2.75, 3.05) is 26.9 Å². The first-order valence-electron chi connectivity index (χ1n) is 6.05. The monoisotopic (exact) mass is 274 g/mol. The molecule has 1 heterocycles. The van der Waals surface area contributed by atoms with Crippen molar-refractivity contribution in [3.8, 4) is 23.3 Å². The van der Waals surface area contributed by atoms with Gasteiger partial charge in [-0.1, -0.05) is 0 Å². The van der Waals surface area contributed by atoms with Crippen molar-refractivity contribution in [1.82, 2.24) is 5.32 Å². The second-order valence-corrected chi connectivity index (χ2v) is 3.96. The lowest BCUT2D eigenvalue weighted by molar-refractivity contribution is -0.116. The Balaban J connectivity index is 2.18. The average Bonchev–Trinajstić information content (AvgIpc) is 2.49. The predicted octanol–water partition coefficient (Wildman–Crippen LogP) is 1.12. The van der Waals surface area contributed by atoms with Gasteiger partial charge in [0.25, 0.3) is 0 Å². The molecule has 1 amide bonds. The van der Waals surface area contributed by atoms with Gasteiger partial charge in [-0.25, -0.2) is 0 Å². The first-order valence-corrected chi connectivity index (χ1v) is 6.05. The second kappa shape index (κ2) is 6.48. The number of methoxy groups -OCH3 is 1. The maximum Gasteiger partial charge on any atom is 0.244 e. The molecule has 1 aromatic carbocycles. The maximum atomic E-state index is 11.4. The van der Waals surface area contributed by atoms with E-state index in [1.165, 1.54) is 6.08 Å². The van der Waals surface area contributed by atoms with Gasteiger partial charge < -0.3 is 19.5 Å². The molecule has 6 nitrogen and oxygen atoms in total. The molecule has 1 aliphatic rings. The van der Waals surface area contributed by atoms with Crippen molar-refractivity contribution in [3.63, 3.8) is 0 Å². The fourth-order valence-corrected chi connectivity index (χ4v) is 1.75. The number of carbonyl (C=O) groups excluding carboxylic acids is 1. The third kappa shape index (κ3) is 3.20. The Kier molecular flexibility index (Phi) is 4.45. The maximum absolute atomic E-state index is 11.4. The lowest BCUT2D eigenvalue weighted by Gasteiger charge is -2.20. The Morgan fingerprint density at radius 2 is 2.30 bits per heavy atom. The number of nitrogens with zero attached hydrogens (tertiary/aromatic N) is 1. The highest BCUT2D eigenvalue weighted by Crippen LogP contribution is 2.40. The largest absolute Gasteiger partial charge is 0.493 e. The molecule has 0 spiro atoms. The van der Waals surface area contributed by atoms with Crippen molar-refractivity contribution < 1.29 is 19.0 Å². The van der Waals surface area contributed by atoms with Gasteiger partial charge in [0.1, 0.15) is 19.8 Å². The van der Waals surface area contributed by atoms with Crippen LogP contribution in [0, 0.1) is 11.3 Å². The van der Waals surface area contributed by atoms with E-state index in [4.69, 9.17) is 19.5 Å². The molecule has 0 aromatic heterocycles. The Hall–Kier alpha value is -2.68. The van der Waals surface area contributed by atoms with Gasteiger partial charge >= 0.3 is 0 Å². The van der Waals surface area contributed by atoms with Gasteiger partial charge in [0.05, 0.1) is 13.2 Å². The van der Waals surface area contributed by atoms with Crippen LogP contribution in [0.4, 0.5) is 0 Å². The molecule has 0 aliphatic carbocycles. The van der Waals surface area contributed by atoms with E-state index in [1.807, 2.05) is 6.07 Å². The summed E-state index contributed by atoms with van der Waals surface area (Å²) in [5.74, 6) is 1.39. The molecule has 2 rings (SSSR count). The van der Waals surface area contributed by atoms with Crippen LogP contribution in [0.1, 0.15) is 5.56 Å². The number of nitriles is 1. The zero-order chi connectivity index (χ0) is 14.4. The van der Waals surface area contributed by atoms with Gasteiger partial charge in [0.2, 0.25) is 11.7 Å². The smallest absolute Gasteiger partial charge is 0.244 e.